The number of carbonyl (C=O) groups excluding carboxylic acids is 6. The molecule has 0 aliphatic carbocycles. The number of hydrogen-bond donors (Lipinski definition) is 6. The van der Waals surface area contributed by atoms with Crippen LogP contribution < -0.4 is 31.9 Å². The maximum absolute atomic E-state index is 14.8. The molecule has 3 aromatic carbocycles. The summed E-state index contributed by atoms with van der Waals surface area (Å²) in [4.78, 5) is 87.8. The first kappa shape index (κ1) is 57.4. The summed E-state index contributed by atoms with van der Waals surface area (Å²) >= 11 is 0. The fourth-order valence-corrected chi connectivity index (χ4v) is 9.98. The van der Waals surface area contributed by atoms with Crippen LogP contribution in [-0.4, -0.2) is 139 Å². The average molecular weight is 1060 g/mol. The molecule has 0 bridgehead atoms. The number of likely N-dealkylation sites (tertiary alicyclic amines) is 2. The van der Waals surface area contributed by atoms with Crippen LogP contribution in [0, 0.1) is 10.8 Å². The van der Waals surface area contributed by atoms with Gasteiger partial charge in [-0.3, -0.25) is 28.8 Å². The van der Waals surface area contributed by atoms with Gasteiger partial charge in [-0.2, -0.15) is 0 Å². The summed E-state index contributed by atoms with van der Waals surface area (Å²) in [6.07, 6.45) is 4.08. The van der Waals surface area contributed by atoms with Gasteiger partial charge in [0.05, 0.1) is 48.1 Å². The van der Waals surface area contributed by atoms with E-state index in [2.05, 4.69) is 52.5 Å². The molecule has 2 fully saturated rings. The normalized spacial score (nSPS) is 21.1. The SMILES string of the molecule is CNC(C)C(=O)NC(C(=O)N1CC(n2cc(-c3cccc(-c4cn(C5(C)CC(C(=O)NC(C)c6ccccc6)N(C(=O)C(NC(=O)C(C)NC)C(C)(C)C)C5)nn4)c3)nn2)CC1C(=O)NC(C)c1ccccc1)C(C)(C)C. The summed E-state index contributed by atoms with van der Waals surface area (Å²) in [5, 5.41) is 36.4. The molecule has 412 valence electrons. The topological polar surface area (TPSA) is 242 Å². The van der Waals surface area contributed by atoms with E-state index in [1.54, 1.807) is 53.3 Å². The Labute approximate surface area is 452 Å². The van der Waals surface area contributed by atoms with Crippen LogP contribution in [0.15, 0.2) is 97.3 Å². The van der Waals surface area contributed by atoms with Crippen LogP contribution in [0.5, 0.6) is 0 Å². The van der Waals surface area contributed by atoms with E-state index in [0.717, 1.165) is 22.3 Å². The van der Waals surface area contributed by atoms with Crippen molar-refractivity contribution in [2.45, 2.75) is 149 Å². The zero-order valence-electron chi connectivity index (χ0n) is 46.8. The molecular weight excluding hydrogens is 977 g/mol. The second-order valence-corrected chi connectivity index (χ2v) is 23.2. The van der Waals surface area contributed by atoms with E-state index in [9.17, 15) is 28.8 Å². The first-order chi connectivity index (χ1) is 36.3. The number of nitrogens with one attached hydrogen (secondary N) is 6. The van der Waals surface area contributed by atoms with E-state index in [1.807, 2.05) is 153 Å². The lowest BCUT2D eigenvalue weighted by Crippen LogP contribution is -2.59. The van der Waals surface area contributed by atoms with Gasteiger partial charge < -0.3 is 41.7 Å². The lowest BCUT2D eigenvalue weighted by atomic mass is 9.85. The van der Waals surface area contributed by atoms with Crippen LogP contribution in [0.1, 0.15) is 118 Å². The Morgan fingerprint density at radius 1 is 0.597 bits per heavy atom. The van der Waals surface area contributed by atoms with Crippen molar-refractivity contribution in [1.29, 1.82) is 0 Å². The molecule has 6 N–H and O–H groups in total. The van der Waals surface area contributed by atoms with E-state index < -0.39 is 58.7 Å². The van der Waals surface area contributed by atoms with Crippen molar-refractivity contribution in [3.05, 3.63) is 108 Å². The van der Waals surface area contributed by atoms with Crippen LogP contribution in [0.4, 0.5) is 0 Å². The minimum Gasteiger partial charge on any atom is -0.348 e. The fourth-order valence-electron chi connectivity index (χ4n) is 9.98. The third-order valence-corrected chi connectivity index (χ3v) is 15.1. The number of rotatable bonds is 18. The molecule has 7 rings (SSSR count). The van der Waals surface area contributed by atoms with Gasteiger partial charge in [-0.1, -0.05) is 131 Å². The van der Waals surface area contributed by atoms with Gasteiger partial charge >= 0.3 is 0 Å². The van der Waals surface area contributed by atoms with Crippen LogP contribution in [0.25, 0.3) is 22.5 Å². The maximum atomic E-state index is 14.8. The molecular formula is C57H78N14O6. The highest BCUT2D eigenvalue weighted by atomic mass is 16.2. The number of hydrogen-bond acceptors (Lipinski definition) is 12. The summed E-state index contributed by atoms with van der Waals surface area (Å²) < 4.78 is 3.41. The Morgan fingerprint density at radius 2 is 1.06 bits per heavy atom. The highest BCUT2D eigenvalue weighted by Crippen LogP contribution is 2.38. The minimum absolute atomic E-state index is 0.111. The van der Waals surface area contributed by atoms with E-state index >= 15 is 0 Å². The van der Waals surface area contributed by atoms with E-state index in [0.29, 0.717) is 11.4 Å². The Hall–Kier alpha value is -7.32. The predicted molar refractivity (Wildman–Crippen MR) is 293 cm³/mol. The second kappa shape index (κ2) is 23.5. The number of carbonyl (C=O) groups is 6. The van der Waals surface area contributed by atoms with Crippen molar-refractivity contribution < 1.29 is 28.8 Å². The molecule has 10 unspecified atom stereocenters. The zero-order chi connectivity index (χ0) is 56.1. The van der Waals surface area contributed by atoms with Crippen LogP contribution >= 0.6 is 0 Å². The van der Waals surface area contributed by atoms with Gasteiger partial charge in [-0.15, -0.1) is 10.2 Å². The number of amides is 6. The first-order valence-corrected chi connectivity index (χ1v) is 26.6. The van der Waals surface area contributed by atoms with Gasteiger partial charge in [0.25, 0.3) is 0 Å². The third-order valence-electron chi connectivity index (χ3n) is 15.1. The summed E-state index contributed by atoms with van der Waals surface area (Å²) in [6.45, 7) is 20.7. The van der Waals surface area contributed by atoms with Gasteiger partial charge in [-0.25, -0.2) is 9.36 Å². The molecule has 2 saturated heterocycles. The lowest BCUT2D eigenvalue weighted by Gasteiger charge is -2.36. The molecule has 10 atom stereocenters. The van der Waals surface area contributed by atoms with Gasteiger partial charge in [-0.05, 0) is 76.7 Å². The molecule has 5 aromatic rings. The highest BCUT2D eigenvalue weighted by molar-refractivity contribution is 5.95. The Kier molecular flexibility index (Phi) is 17.5. The number of nitrogens with zero attached hydrogens (tertiary/aromatic N) is 8. The number of aromatic nitrogens is 6. The van der Waals surface area contributed by atoms with Crippen LogP contribution in [-0.2, 0) is 34.3 Å². The summed E-state index contributed by atoms with van der Waals surface area (Å²) in [5.41, 5.74) is 2.09. The molecule has 2 aliphatic rings. The monoisotopic (exact) mass is 1050 g/mol. The molecule has 6 amide bonds. The smallest absolute Gasteiger partial charge is 0.246 e. The largest absolute Gasteiger partial charge is 0.348 e. The molecule has 20 nitrogen and oxygen atoms in total. The maximum Gasteiger partial charge on any atom is 0.246 e. The number of benzene rings is 3. The predicted octanol–water partition coefficient (Wildman–Crippen LogP) is 4.69. The summed E-state index contributed by atoms with van der Waals surface area (Å²) in [5.74, 6) is -2.06. The van der Waals surface area contributed by atoms with E-state index in [1.165, 1.54) is 0 Å². The number of likely N-dealkylation sites (N-methyl/N-ethyl adjacent to an activating group) is 2. The molecule has 2 aromatic heterocycles. The van der Waals surface area contributed by atoms with Crippen molar-refractivity contribution >= 4 is 35.4 Å². The Balaban J connectivity index is 1.14. The second-order valence-electron chi connectivity index (χ2n) is 23.2. The molecule has 20 heteroatoms. The van der Waals surface area contributed by atoms with Crippen molar-refractivity contribution in [1.82, 2.24) is 71.7 Å². The Morgan fingerprint density at radius 3 is 1.56 bits per heavy atom. The average Bonchev–Trinajstić information content (AvgIpc) is 4.25. The van der Waals surface area contributed by atoms with Crippen LogP contribution in [0.2, 0.25) is 0 Å². The molecule has 0 saturated carbocycles. The van der Waals surface area contributed by atoms with Crippen molar-refractivity contribution in [2.24, 2.45) is 10.8 Å². The molecule has 77 heavy (non-hydrogen) atoms. The van der Waals surface area contributed by atoms with Gasteiger partial charge in [0, 0.05) is 37.1 Å². The molecule has 0 radical (unpaired) electrons. The molecule has 0 spiro atoms. The fraction of sp³-hybridized carbons (Fsp3) is 0.509. The molecule has 4 heterocycles. The summed E-state index contributed by atoms with van der Waals surface area (Å²) in [7, 11) is 3.35. The standard InChI is InChI=1S/C57H78N14O6/c1-34(38-21-16-14-17-22-38)60-51(74)45-28-42(30-68(45)53(76)47(55(5,6)7)62-49(72)36(3)58-12)70-31-43(64-66-70)40-25-20-26-41(27-40)44-32-71(67-65-44)57(11)29-46(52(75)61-35(2)39-23-18-15-19-24-39)69(33-57)54(77)48(56(8,9)10)63-50(73)37(4)59-13/h14-27,31-32,34-37,42,45-48,58-59H,28-30,33H2,1-13H3,(H,60,74)(H,61,75)(H,62,72)(H,63,73). The van der Waals surface area contributed by atoms with Gasteiger partial charge in [0.2, 0.25) is 35.4 Å². The lowest BCUT2D eigenvalue weighted by molar-refractivity contribution is -0.144. The van der Waals surface area contributed by atoms with E-state index in [-0.39, 0.29) is 73.5 Å². The van der Waals surface area contributed by atoms with Crippen LogP contribution in [0.3, 0.4) is 0 Å². The quantitative estimate of drug-likeness (QED) is 0.0701. The minimum atomic E-state index is -0.945. The Bertz CT molecular complexity index is 2890. The van der Waals surface area contributed by atoms with Gasteiger partial charge in [0.1, 0.15) is 35.6 Å². The highest BCUT2D eigenvalue weighted by Gasteiger charge is 2.51. The first-order valence-electron chi connectivity index (χ1n) is 26.6. The van der Waals surface area contributed by atoms with Crippen molar-refractivity contribution in [3.63, 3.8) is 0 Å². The molecule has 2 aliphatic heterocycles. The summed E-state index contributed by atoms with van der Waals surface area (Å²) in [6, 6.07) is 20.9. The van der Waals surface area contributed by atoms with Crippen molar-refractivity contribution in [3.8, 4) is 22.5 Å². The zero-order valence-corrected chi connectivity index (χ0v) is 46.8. The van der Waals surface area contributed by atoms with Crippen molar-refractivity contribution in [2.75, 3.05) is 27.2 Å². The van der Waals surface area contributed by atoms with Gasteiger partial charge in [0.15, 0.2) is 0 Å². The third kappa shape index (κ3) is 13.1. The van der Waals surface area contributed by atoms with E-state index in [4.69, 9.17) is 0 Å².